The van der Waals surface area contributed by atoms with Crippen LogP contribution in [0.5, 0.6) is 0 Å². The topological polar surface area (TPSA) is 64.2 Å². The van der Waals surface area contributed by atoms with Crippen LogP contribution in [0.2, 0.25) is 0 Å². The lowest BCUT2D eigenvalue weighted by molar-refractivity contribution is 0.728. The van der Waals surface area contributed by atoms with Crippen LogP contribution in [0.4, 0.5) is 0 Å². The smallest absolute Gasteiger partial charge is 0.314 e. The van der Waals surface area contributed by atoms with Gasteiger partial charge in [-0.2, -0.15) is 0 Å². The summed E-state index contributed by atoms with van der Waals surface area (Å²) in [7, 11) is 1.74. The Morgan fingerprint density at radius 1 is 1.00 bits per heavy atom. The molecular formula is C19H18N4O2. The SMILES string of the molecule is Cn1c(Cc2cn(Cc3ccccc3)c(=O)c3cccn23)c[nH]c1=O. The maximum absolute atomic E-state index is 12.8. The van der Waals surface area contributed by atoms with Crippen LogP contribution in [-0.2, 0) is 20.0 Å². The molecule has 0 aliphatic carbocycles. The molecule has 126 valence electrons. The maximum Gasteiger partial charge on any atom is 0.325 e. The van der Waals surface area contributed by atoms with Gasteiger partial charge in [0.2, 0.25) is 0 Å². The first-order valence-corrected chi connectivity index (χ1v) is 8.10. The fourth-order valence-corrected chi connectivity index (χ4v) is 3.11. The number of imidazole rings is 1. The van der Waals surface area contributed by atoms with Crippen molar-refractivity contribution in [1.29, 1.82) is 0 Å². The molecule has 1 aromatic carbocycles. The number of rotatable bonds is 4. The van der Waals surface area contributed by atoms with E-state index in [0.717, 1.165) is 17.0 Å². The minimum Gasteiger partial charge on any atom is -0.314 e. The zero-order valence-corrected chi connectivity index (χ0v) is 13.8. The van der Waals surface area contributed by atoms with Crippen molar-refractivity contribution < 1.29 is 0 Å². The fraction of sp³-hybridized carbons (Fsp3) is 0.158. The normalized spacial score (nSPS) is 11.2. The zero-order valence-electron chi connectivity index (χ0n) is 13.8. The summed E-state index contributed by atoms with van der Waals surface area (Å²) in [4.78, 5) is 27.1. The number of nitrogens with one attached hydrogen (secondary N) is 1. The van der Waals surface area contributed by atoms with Gasteiger partial charge < -0.3 is 14.0 Å². The Kier molecular flexibility index (Phi) is 3.65. The second-order valence-corrected chi connectivity index (χ2v) is 6.12. The van der Waals surface area contributed by atoms with E-state index in [1.807, 2.05) is 59.3 Å². The van der Waals surface area contributed by atoms with Crippen LogP contribution in [0.3, 0.4) is 0 Å². The van der Waals surface area contributed by atoms with Gasteiger partial charge in [0.05, 0.1) is 6.54 Å². The summed E-state index contributed by atoms with van der Waals surface area (Å²) in [6.45, 7) is 0.514. The number of aromatic nitrogens is 4. The van der Waals surface area contributed by atoms with E-state index >= 15 is 0 Å². The molecule has 0 amide bonds. The fourth-order valence-electron chi connectivity index (χ4n) is 3.11. The Labute approximate surface area is 143 Å². The Morgan fingerprint density at radius 2 is 1.80 bits per heavy atom. The number of hydrogen-bond donors (Lipinski definition) is 1. The highest BCUT2D eigenvalue weighted by Gasteiger charge is 2.11. The van der Waals surface area contributed by atoms with Crippen molar-refractivity contribution in [3.05, 3.63) is 98.8 Å². The van der Waals surface area contributed by atoms with Crippen LogP contribution < -0.4 is 11.2 Å². The standard InChI is InChI=1S/C19H18N4O2/c1-21-15(11-20-19(21)25)10-16-13-22(12-14-6-3-2-4-7-14)18(24)17-8-5-9-23(16)17/h2-9,11,13H,10,12H2,1H3,(H,20,25). The number of fused-ring (bicyclic) bond motifs is 1. The van der Waals surface area contributed by atoms with Crippen LogP contribution in [-0.4, -0.2) is 18.5 Å². The summed E-state index contributed by atoms with van der Waals surface area (Å²) >= 11 is 0. The quantitative estimate of drug-likeness (QED) is 0.618. The third-order valence-electron chi connectivity index (χ3n) is 4.50. The molecule has 0 unspecified atom stereocenters. The first kappa shape index (κ1) is 15.3. The highest BCUT2D eigenvalue weighted by molar-refractivity contribution is 5.47. The van der Waals surface area contributed by atoms with Gasteiger partial charge in [-0.25, -0.2) is 4.79 Å². The first-order chi connectivity index (χ1) is 12.1. The molecule has 0 atom stereocenters. The van der Waals surface area contributed by atoms with E-state index in [-0.39, 0.29) is 11.2 Å². The van der Waals surface area contributed by atoms with Gasteiger partial charge in [-0.1, -0.05) is 30.3 Å². The molecule has 4 rings (SSSR count). The number of hydrogen-bond acceptors (Lipinski definition) is 2. The van der Waals surface area contributed by atoms with Crippen molar-refractivity contribution in [1.82, 2.24) is 18.5 Å². The van der Waals surface area contributed by atoms with E-state index in [0.29, 0.717) is 18.5 Å². The molecule has 25 heavy (non-hydrogen) atoms. The van der Waals surface area contributed by atoms with Crippen molar-refractivity contribution in [2.45, 2.75) is 13.0 Å². The summed E-state index contributed by atoms with van der Waals surface area (Å²) in [6.07, 6.45) is 6.02. The highest BCUT2D eigenvalue weighted by atomic mass is 16.1. The van der Waals surface area contributed by atoms with E-state index in [1.54, 1.807) is 22.4 Å². The van der Waals surface area contributed by atoms with E-state index in [1.165, 1.54) is 0 Å². The number of nitrogens with zero attached hydrogens (tertiary/aromatic N) is 3. The number of H-pyrrole nitrogens is 1. The molecule has 1 N–H and O–H groups in total. The van der Waals surface area contributed by atoms with Crippen molar-refractivity contribution in [3.8, 4) is 0 Å². The van der Waals surface area contributed by atoms with Gasteiger partial charge in [-0.15, -0.1) is 0 Å². The second-order valence-electron chi connectivity index (χ2n) is 6.12. The summed E-state index contributed by atoms with van der Waals surface area (Å²) in [5.74, 6) is 0. The molecule has 0 aliphatic rings. The second kappa shape index (κ2) is 5.98. The van der Waals surface area contributed by atoms with Crippen LogP contribution >= 0.6 is 0 Å². The molecule has 0 fully saturated rings. The average molecular weight is 334 g/mol. The molecule has 0 bridgehead atoms. The van der Waals surface area contributed by atoms with Gasteiger partial charge in [0.25, 0.3) is 5.56 Å². The van der Waals surface area contributed by atoms with E-state index in [2.05, 4.69) is 4.98 Å². The van der Waals surface area contributed by atoms with Crippen molar-refractivity contribution in [3.63, 3.8) is 0 Å². The van der Waals surface area contributed by atoms with E-state index in [4.69, 9.17) is 0 Å². The molecule has 6 heteroatoms. The maximum atomic E-state index is 12.8. The van der Waals surface area contributed by atoms with Gasteiger partial charge >= 0.3 is 5.69 Å². The molecular weight excluding hydrogens is 316 g/mol. The average Bonchev–Trinajstić information content (AvgIpc) is 3.23. The predicted molar refractivity (Wildman–Crippen MR) is 96.0 cm³/mol. The lowest BCUT2D eigenvalue weighted by atomic mass is 10.2. The van der Waals surface area contributed by atoms with Gasteiger partial charge in [0, 0.05) is 43.4 Å². The lowest BCUT2D eigenvalue weighted by Gasteiger charge is -2.12. The summed E-state index contributed by atoms with van der Waals surface area (Å²) in [5, 5.41) is 0. The molecule has 0 aliphatic heterocycles. The Bertz CT molecular complexity index is 1150. The van der Waals surface area contributed by atoms with E-state index < -0.39 is 0 Å². The monoisotopic (exact) mass is 334 g/mol. The molecule has 0 spiro atoms. The lowest BCUT2D eigenvalue weighted by Crippen LogP contribution is -2.24. The minimum absolute atomic E-state index is 0.0273. The summed E-state index contributed by atoms with van der Waals surface area (Å²) in [5.41, 5.74) is 3.35. The van der Waals surface area contributed by atoms with Crippen LogP contribution in [0, 0.1) is 0 Å². The molecule has 4 aromatic rings. The minimum atomic E-state index is -0.142. The third-order valence-corrected chi connectivity index (χ3v) is 4.50. The summed E-state index contributed by atoms with van der Waals surface area (Å²) in [6, 6.07) is 13.6. The number of aromatic amines is 1. The Balaban J connectivity index is 1.82. The Hall–Kier alpha value is -3.28. The van der Waals surface area contributed by atoms with E-state index in [9.17, 15) is 9.59 Å². The van der Waals surface area contributed by atoms with Gasteiger partial charge in [-0.3, -0.25) is 9.36 Å². The van der Waals surface area contributed by atoms with Crippen molar-refractivity contribution in [2.75, 3.05) is 0 Å². The first-order valence-electron chi connectivity index (χ1n) is 8.10. The van der Waals surface area contributed by atoms with Crippen molar-refractivity contribution in [2.24, 2.45) is 7.05 Å². The number of benzene rings is 1. The van der Waals surface area contributed by atoms with Crippen LogP contribution in [0.1, 0.15) is 17.0 Å². The predicted octanol–water partition coefficient (Wildman–Crippen LogP) is 1.77. The van der Waals surface area contributed by atoms with Crippen LogP contribution in [0.25, 0.3) is 5.52 Å². The molecule has 3 aromatic heterocycles. The largest absolute Gasteiger partial charge is 0.325 e. The highest BCUT2D eigenvalue weighted by Crippen LogP contribution is 2.11. The van der Waals surface area contributed by atoms with Gasteiger partial charge in [0.15, 0.2) is 0 Å². The molecule has 0 saturated heterocycles. The van der Waals surface area contributed by atoms with Crippen molar-refractivity contribution >= 4 is 5.52 Å². The van der Waals surface area contributed by atoms with Crippen LogP contribution in [0.15, 0.2) is 70.6 Å². The van der Waals surface area contributed by atoms with Gasteiger partial charge in [-0.05, 0) is 17.7 Å². The third kappa shape index (κ3) is 2.71. The summed E-state index contributed by atoms with van der Waals surface area (Å²) < 4.78 is 5.20. The zero-order chi connectivity index (χ0) is 17.4. The molecule has 3 heterocycles. The molecule has 6 nitrogen and oxygen atoms in total. The Morgan fingerprint density at radius 3 is 2.52 bits per heavy atom. The van der Waals surface area contributed by atoms with Gasteiger partial charge in [0.1, 0.15) is 5.52 Å². The molecule has 0 saturated carbocycles. The molecule has 0 radical (unpaired) electrons.